The topological polar surface area (TPSA) is 61.4 Å². The largest absolute Gasteiger partial charge is 0.396 e. The number of halogens is 2. The highest BCUT2D eigenvalue weighted by Crippen LogP contribution is 2.17. The first-order valence-electron chi connectivity index (χ1n) is 6.96. The molecule has 1 aromatic carbocycles. The maximum Gasteiger partial charge on any atom is 0.315 e. The van der Waals surface area contributed by atoms with E-state index in [9.17, 15) is 13.6 Å². The van der Waals surface area contributed by atoms with Gasteiger partial charge in [-0.15, -0.1) is 0 Å². The van der Waals surface area contributed by atoms with E-state index in [2.05, 4.69) is 10.6 Å². The number of benzene rings is 1. The second-order valence-corrected chi connectivity index (χ2v) is 5.38. The fourth-order valence-corrected chi connectivity index (χ4v) is 1.95. The van der Waals surface area contributed by atoms with E-state index in [1.165, 1.54) is 6.07 Å². The first kappa shape index (κ1) is 17.4. The maximum absolute atomic E-state index is 13.2. The molecule has 21 heavy (non-hydrogen) atoms. The number of hydrogen-bond donors (Lipinski definition) is 3. The van der Waals surface area contributed by atoms with E-state index in [1.54, 1.807) is 6.92 Å². The molecule has 0 aromatic heterocycles. The van der Waals surface area contributed by atoms with Crippen LogP contribution in [0.3, 0.4) is 0 Å². The fourth-order valence-electron chi connectivity index (χ4n) is 1.95. The van der Waals surface area contributed by atoms with E-state index >= 15 is 0 Å². The molecule has 2 unspecified atom stereocenters. The third kappa shape index (κ3) is 4.97. The summed E-state index contributed by atoms with van der Waals surface area (Å²) in [5.41, 5.74) is -0.0310. The Hall–Kier alpha value is -1.69. The van der Waals surface area contributed by atoms with Crippen LogP contribution in [0.15, 0.2) is 18.2 Å². The van der Waals surface area contributed by atoms with Crippen LogP contribution < -0.4 is 10.6 Å². The Kier molecular flexibility index (Phi) is 6.08. The van der Waals surface area contributed by atoms with E-state index < -0.39 is 29.2 Å². The van der Waals surface area contributed by atoms with Gasteiger partial charge in [0.05, 0.1) is 6.04 Å². The number of amides is 2. The molecule has 4 nitrogen and oxygen atoms in total. The average Bonchev–Trinajstić information content (AvgIpc) is 2.41. The minimum absolute atomic E-state index is 0.0245. The summed E-state index contributed by atoms with van der Waals surface area (Å²) in [7, 11) is 0. The van der Waals surface area contributed by atoms with Crippen LogP contribution in [0.2, 0.25) is 0 Å². The quantitative estimate of drug-likeness (QED) is 0.756. The van der Waals surface area contributed by atoms with Crippen molar-refractivity contribution in [1.29, 1.82) is 0 Å². The minimum Gasteiger partial charge on any atom is -0.396 e. The Morgan fingerprint density at radius 1 is 1.38 bits per heavy atom. The van der Waals surface area contributed by atoms with Crippen molar-refractivity contribution >= 4 is 6.03 Å². The summed E-state index contributed by atoms with van der Waals surface area (Å²) in [5.74, 6) is -1.86. The van der Waals surface area contributed by atoms with E-state index in [4.69, 9.17) is 5.11 Å². The first-order chi connectivity index (χ1) is 9.81. The highest BCUT2D eigenvalue weighted by Gasteiger charge is 2.24. The highest BCUT2D eigenvalue weighted by atomic mass is 19.2. The van der Waals surface area contributed by atoms with Crippen molar-refractivity contribution < 1.29 is 18.7 Å². The van der Waals surface area contributed by atoms with E-state index in [0.29, 0.717) is 18.4 Å². The molecule has 2 amide bonds. The number of hydrogen-bond acceptors (Lipinski definition) is 2. The third-order valence-electron chi connectivity index (χ3n) is 3.65. The maximum atomic E-state index is 13.2. The molecule has 118 valence electrons. The smallest absolute Gasteiger partial charge is 0.315 e. The van der Waals surface area contributed by atoms with Gasteiger partial charge in [0.1, 0.15) is 0 Å². The van der Waals surface area contributed by atoms with Gasteiger partial charge in [-0.25, -0.2) is 13.6 Å². The lowest BCUT2D eigenvalue weighted by Gasteiger charge is -2.30. The number of nitrogens with one attached hydrogen (secondary N) is 2. The number of aliphatic hydroxyl groups is 1. The van der Waals surface area contributed by atoms with Gasteiger partial charge in [-0.2, -0.15) is 0 Å². The normalized spacial score (nSPS) is 15.1. The number of rotatable bonds is 6. The second kappa shape index (κ2) is 7.36. The Bertz CT molecular complexity index is 497. The van der Waals surface area contributed by atoms with Gasteiger partial charge < -0.3 is 15.7 Å². The summed E-state index contributed by atoms with van der Waals surface area (Å²) in [5, 5.41) is 14.5. The molecule has 2 atom stereocenters. The van der Waals surface area contributed by atoms with Gasteiger partial charge in [0.2, 0.25) is 0 Å². The van der Waals surface area contributed by atoms with E-state index in [1.807, 2.05) is 13.8 Å². The molecule has 0 aliphatic rings. The molecule has 0 heterocycles. The molecule has 0 radical (unpaired) electrons. The predicted molar refractivity (Wildman–Crippen MR) is 76.8 cm³/mol. The molecule has 3 N–H and O–H groups in total. The molecule has 1 rings (SSSR count). The van der Waals surface area contributed by atoms with Crippen LogP contribution >= 0.6 is 0 Å². The lowest BCUT2D eigenvalue weighted by molar-refractivity contribution is 0.199. The van der Waals surface area contributed by atoms with Crippen molar-refractivity contribution in [2.45, 2.75) is 45.2 Å². The summed E-state index contributed by atoms with van der Waals surface area (Å²) in [6, 6.07) is 2.64. The number of carbonyl (C=O) groups excluding carboxylic acids is 1. The Morgan fingerprint density at radius 2 is 2.05 bits per heavy atom. The van der Waals surface area contributed by atoms with Crippen LogP contribution in [0, 0.1) is 11.6 Å². The molecule has 0 saturated carbocycles. The lowest BCUT2D eigenvalue weighted by atomic mass is 9.95. The summed E-state index contributed by atoms with van der Waals surface area (Å²) in [6.45, 7) is 5.41. The van der Waals surface area contributed by atoms with Crippen molar-refractivity contribution in [3.8, 4) is 0 Å². The van der Waals surface area contributed by atoms with Crippen LogP contribution in [-0.4, -0.2) is 23.3 Å². The van der Waals surface area contributed by atoms with Crippen molar-refractivity contribution in [3.05, 3.63) is 35.4 Å². The van der Waals surface area contributed by atoms with E-state index in [-0.39, 0.29) is 6.61 Å². The minimum atomic E-state index is -0.944. The van der Waals surface area contributed by atoms with Crippen LogP contribution in [0.1, 0.15) is 45.2 Å². The summed E-state index contributed by atoms with van der Waals surface area (Å²) in [6.07, 6.45) is 1.11. The second-order valence-electron chi connectivity index (χ2n) is 5.38. The Labute approximate surface area is 123 Å². The van der Waals surface area contributed by atoms with Gasteiger partial charge in [-0.05, 0) is 44.4 Å². The van der Waals surface area contributed by atoms with Gasteiger partial charge >= 0.3 is 6.03 Å². The number of carbonyl (C=O) groups is 1. The van der Waals surface area contributed by atoms with Crippen LogP contribution in [0.4, 0.5) is 13.6 Å². The molecule has 0 spiro atoms. The number of urea groups is 1. The van der Waals surface area contributed by atoms with E-state index in [0.717, 1.165) is 12.1 Å². The highest BCUT2D eigenvalue weighted by molar-refractivity contribution is 5.75. The lowest BCUT2D eigenvalue weighted by Crippen LogP contribution is -2.50. The monoisotopic (exact) mass is 300 g/mol. The molecular weight excluding hydrogens is 278 g/mol. The standard InChI is InChI=1S/C15H22F2N2O2/c1-4-15(3,7-8-20)19-14(21)18-10(2)11-5-6-12(16)13(17)9-11/h5-6,9-10,20H,4,7-8H2,1-3H3,(H2,18,19,21). The summed E-state index contributed by atoms with van der Waals surface area (Å²) < 4.78 is 26.1. The Balaban J connectivity index is 2.67. The van der Waals surface area contributed by atoms with Gasteiger partial charge in [-0.3, -0.25) is 0 Å². The predicted octanol–water partition coefficient (Wildman–Crippen LogP) is 2.88. The fraction of sp³-hybridized carbons (Fsp3) is 0.533. The van der Waals surface area contributed by atoms with Crippen molar-refractivity contribution in [2.75, 3.05) is 6.61 Å². The molecule has 1 aromatic rings. The van der Waals surface area contributed by atoms with Gasteiger partial charge in [0.15, 0.2) is 11.6 Å². The van der Waals surface area contributed by atoms with Gasteiger partial charge in [0, 0.05) is 12.1 Å². The molecular formula is C15H22F2N2O2. The zero-order valence-electron chi connectivity index (χ0n) is 12.5. The summed E-state index contributed by atoms with van der Waals surface area (Å²) in [4.78, 5) is 12.0. The molecule has 0 aliphatic carbocycles. The van der Waals surface area contributed by atoms with Crippen molar-refractivity contribution in [1.82, 2.24) is 10.6 Å². The Morgan fingerprint density at radius 3 is 2.57 bits per heavy atom. The number of aliphatic hydroxyl groups excluding tert-OH is 1. The molecule has 0 aliphatic heterocycles. The average molecular weight is 300 g/mol. The molecule has 0 bridgehead atoms. The van der Waals surface area contributed by atoms with Crippen LogP contribution in [0.5, 0.6) is 0 Å². The van der Waals surface area contributed by atoms with Crippen molar-refractivity contribution in [2.24, 2.45) is 0 Å². The molecule has 6 heteroatoms. The van der Waals surface area contributed by atoms with Crippen LogP contribution in [-0.2, 0) is 0 Å². The summed E-state index contributed by atoms with van der Waals surface area (Å²) >= 11 is 0. The SMILES string of the molecule is CCC(C)(CCO)NC(=O)NC(C)c1ccc(F)c(F)c1. The van der Waals surface area contributed by atoms with Crippen LogP contribution in [0.25, 0.3) is 0 Å². The zero-order chi connectivity index (χ0) is 16.0. The first-order valence-corrected chi connectivity index (χ1v) is 6.96. The molecule has 0 saturated heterocycles. The van der Waals surface area contributed by atoms with Gasteiger partial charge in [-0.1, -0.05) is 13.0 Å². The van der Waals surface area contributed by atoms with Crippen molar-refractivity contribution in [3.63, 3.8) is 0 Å². The molecule has 0 fully saturated rings. The zero-order valence-corrected chi connectivity index (χ0v) is 12.5. The third-order valence-corrected chi connectivity index (χ3v) is 3.65. The van der Waals surface area contributed by atoms with Gasteiger partial charge in [0.25, 0.3) is 0 Å².